The van der Waals surface area contributed by atoms with Gasteiger partial charge in [-0.25, -0.2) is 0 Å². The van der Waals surface area contributed by atoms with Gasteiger partial charge in [0.15, 0.2) is 0 Å². The van der Waals surface area contributed by atoms with E-state index in [9.17, 15) is 4.79 Å². The van der Waals surface area contributed by atoms with Crippen molar-refractivity contribution in [3.63, 3.8) is 0 Å². The molecular weight excluding hydrogens is 388 g/mol. The molecule has 6 heteroatoms. The molecule has 0 saturated carbocycles. The van der Waals surface area contributed by atoms with Gasteiger partial charge in [-0.1, -0.05) is 24.3 Å². The standard InChI is InChI=1S/C25H34N4O2/c1-27-14-16-28(17-15-27)18-20-9-11-21(12-10-20)25(30)26-22-6-5-13-29(19-22)23-7-3-4-8-24(23)31-2/h3-4,7-12,22H,5-6,13-19H2,1-2H3,(H,26,30). The summed E-state index contributed by atoms with van der Waals surface area (Å²) in [4.78, 5) is 20.0. The lowest BCUT2D eigenvalue weighted by Gasteiger charge is -2.35. The zero-order valence-electron chi connectivity index (χ0n) is 18.7. The predicted molar refractivity (Wildman–Crippen MR) is 125 cm³/mol. The molecule has 0 aliphatic carbocycles. The molecule has 0 spiro atoms. The van der Waals surface area contributed by atoms with Gasteiger partial charge in [0.25, 0.3) is 5.91 Å². The fourth-order valence-electron chi connectivity index (χ4n) is 4.50. The topological polar surface area (TPSA) is 48.1 Å². The van der Waals surface area contributed by atoms with Crippen molar-refractivity contribution < 1.29 is 9.53 Å². The Kier molecular flexibility index (Phi) is 7.10. The van der Waals surface area contributed by atoms with Crippen LogP contribution in [0.2, 0.25) is 0 Å². The first-order valence-corrected chi connectivity index (χ1v) is 11.3. The third-order valence-electron chi connectivity index (χ3n) is 6.40. The van der Waals surface area contributed by atoms with Gasteiger partial charge in [-0.2, -0.15) is 0 Å². The Hall–Kier alpha value is -2.57. The van der Waals surface area contributed by atoms with Gasteiger partial charge in [0.05, 0.1) is 12.8 Å². The maximum atomic E-state index is 12.8. The number of methoxy groups -OCH3 is 1. The van der Waals surface area contributed by atoms with Crippen LogP contribution < -0.4 is 15.0 Å². The SMILES string of the molecule is COc1ccccc1N1CCCC(NC(=O)c2ccc(CN3CCN(C)CC3)cc2)C1. The first kappa shape index (κ1) is 21.7. The normalized spacial score (nSPS) is 20.5. The summed E-state index contributed by atoms with van der Waals surface area (Å²) in [6.07, 6.45) is 2.05. The van der Waals surface area contributed by atoms with Gasteiger partial charge in [0, 0.05) is 57.4 Å². The minimum absolute atomic E-state index is 0.0121. The molecule has 166 valence electrons. The van der Waals surface area contributed by atoms with Crippen LogP contribution in [0.25, 0.3) is 0 Å². The van der Waals surface area contributed by atoms with E-state index in [4.69, 9.17) is 4.74 Å². The number of piperidine rings is 1. The van der Waals surface area contributed by atoms with Gasteiger partial charge in [0.1, 0.15) is 5.75 Å². The van der Waals surface area contributed by atoms with E-state index in [-0.39, 0.29) is 11.9 Å². The lowest BCUT2D eigenvalue weighted by atomic mass is 10.0. The fourth-order valence-corrected chi connectivity index (χ4v) is 4.50. The van der Waals surface area contributed by atoms with Gasteiger partial charge >= 0.3 is 0 Å². The molecule has 2 aliphatic rings. The number of carbonyl (C=O) groups is 1. The largest absolute Gasteiger partial charge is 0.495 e. The number of hydrogen-bond acceptors (Lipinski definition) is 5. The number of amides is 1. The Labute approximate surface area is 185 Å². The van der Waals surface area contributed by atoms with Gasteiger partial charge in [0.2, 0.25) is 0 Å². The zero-order chi connectivity index (χ0) is 21.6. The molecule has 31 heavy (non-hydrogen) atoms. The summed E-state index contributed by atoms with van der Waals surface area (Å²) < 4.78 is 5.52. The molecule has 2 aromatic carbocycles. The molecular formula is C25H34N4O2. The summed E-state index contributed by atoms with van der Waals surface area (Å²) >= 11 is 0. The Morgan fingerprint density at radius 3 is 2.52 bits per heavy atom. The highest BCUT2D eigenvalue weighted by Crippen LogP contribution is 2.30. The third kappa shape index (κ3) is 5.57. The molecule has 4 rings (SSSR count). The number of benzene rings is 2. The van der Waals surface area contributed by atoms with E-state index in [1.807, 2.05) is 30.3 Å². The number of likely N-dealkylation sites (N-methyl/N-ethyl adjacent to an activating group) is 1. The highest BCUT2D eigenvalue weighted by Gasteiger charge is 2.24. The number of para-hydroxylation sites is 2. The summed E-state index contributed by atoms with van der Waals surface area (Å²) in [5.41, 5.74) is 3.09. The number of hydrogen-bond donors (Lipinski definition) is 1. The number of rotatable bonds is 6. The summed E-state index contributed by atoms with van der Waals surface area (Å²) in [6, 6.07) is 16.3. The van der Waals surface area contributed by atoms with Gasteiger partial charge in [-0.15, -0.1) is 0 Å². The lowest BCUT2D eigenvalue weighted by Crippen LogP contribution is -2.47. The van der Waals surface area contributed by atoms with Crippen molar-refractivity contribution in [2.45, 2.75) is 25.4 Å². The number of carbonyl (C=O) groups excluding carboxylic acids is 1. The molecule has 2 saturated heterocycles. The minimum Gasteiger partial charge on any atom is -0.495 e. The van der Waals surface area contributed by atoms with Gasteiger partial charge in [-0.05, 0) is 49.7 Å². The molecule has 1 amide bonds. The molecule has 0 radical (unpaired) electrons. The zero-order valence-corrected chi connectivity index (χ0v) is 18.7. The van der Waals surface area contributed by atoms with Crippen molar-refractivity contribution in [1.82, 2.24) is 15.1 Å². The second kappa shape index (κ2) is 10.2. The smallest absolute Gasteiger partial charge is 0.251 e. The van der Waals surface area contributed by atoms with Crippen LogP contribution in [0.5, 0.6) is 5.75 Å². The number of anilines is 1. The van der Waals surface area contributed by atoms with Crippen molar-refractivity contribution in [3.8, 4) is 5.75 Å². The van der Waals surface area contributed by atoms with Crippen LogP contribution >= 0.6 is 0 Å². The van der Waals surface area contributed by atoms with Crippen molar-refractivity contribution in [1.29, 1.82) is 0 Å². The third-order valence-corrected chi connectivity index (χ3v) is 6.40. The average molecular weight is 423 g/mol. The predicted octanol–water partition coefficient (Wildman–Crippen LogP) is 2.84. The van der Waals surface area contributed by atoms with E-state index in [1.54, 1.807) is 7.11 Å². The van der Waals surface area contributed by atoms with Gasteiger partial charge < -0.3 is 19.9 Å². The van der Waals surface area contributed by atoms with Crippen LogP contribution in [-0.2, 0) is 6.54 Å². The summed E-state index contributed by atoms with van der Waals surface area (Å²) in [6.45, 7) is 7.17. The molecule has 6 nitrogen and oxygen atoms in total. The Balaban J connectivity index is 1.32. The number of nitrogens with one attached hydrogen (secondary N) is 1. The Morgan fingerprint density at radius 2 is 1.77 bits per heavy atom. The van der Waals surface area contributed by atoms with E-state index < -0.39 is 0 Å². The highest BCUT2D eigenvalue weighted by atomic mass is 16.5. The Morgan fingerprint density at radius 1 is 1.03 bits per heavy atom. The second-order valence-corrected chi connectivity index (χ2v) is 8.71. The van der Waals surface area contributed by atoms with Crippen molar-refractivity contribution >= 4 is 11.6 Å². The van der Waals surface area contributed by atoms with Crippen LogP contribution in [0.4, 0.5) is 5.69 Å². The monoisotopic (exact) mass is 422 g/mol. The van der Waals surface area contributed by atoms with Crippen LogP contribution in [0.1, 0.15) is 28.8 Å². The van der Waals surface area contributed by atoms with E-state index in [2.05, 4.69) is 45.3 Å². The number of ether oxygens (including phenoxy) is 1. The van der Waals surface area contributed by atoms with E-state index >= 15 is 0 Å². The van der Waals surface area contributed by atoms with Crippen LogP contribution in [0.3, 0.4) is 0 Å². The first-order valence-electron chi connectivity index (χ1n) is 11.3. The second-order valence-electron chi connectivity index (χ2n) is 8.71. The molecule has 1 N–H and O–H groups in total. The van der Waals surface area contributed by atoms with Gasteiger partial charge in [-0.3, -0.25) is 9.69 Å². The number of piperazine rings is 1. The lowest BCUT2D eigenvalue weighted by molar-refractivity contribution is 0.0933. The van der Waals surface area contributed by atoms with Crippen LogP contribution in [0, 0.1) is 0 Å². The molecule has 2 aromatic rings. The minimum atomic E-state index is 0.0121. The summed E-state index contributed by atoms with van der Waals surface area (Å²) in [5, 5.41) is 3.24. The van der Waals surface area contributed by atoms with E-state index in [0.29, 0.717) is 0 Å². The molecule has 2 heterocycles. The maximum Gasteiger partial charge on any atom is 0.251 e. The van der Waals surface area contributed by atoms with Crippen molar-refractivity contribution in [2.75, 3.05) is 58.3 Å². The van der Waals surface area contributed by atoms with Crippen LogP contribution in [0.15, 0.2) is 48.5 Å². The highest BCUT2D eigenvalue weighted by molar-refractivity contribution is 5.94. The van der Waals surface area contributed by atoms with Crippen molar-refractivity contribution in [3.05, 3.63) is 59.7 Å². The molecule has 2 fully saturated rings. The molecule has 1 unspecified atom stereocenters. The molecule has 1 atom stereocenters. The quantitative estimate of drug-likeness (QED) is 0.776. The first-order chi connectivity index (χ1) is 15.1. The number of nitrogens with zero attached hydrogens (tertiary/aromatic N) is 3. The van der Waals surface area contributed by atoms with E-state index in [0.717, 1.165) is 75.7 Å². The summed E-state index contributed by atoms with van der Waals surface area (Å²) in [7, 11) is 3.88. The average Bonchev–Trinajstić information content (AvgIpc) is 2.81. The molecule has 0 aromatic heterocycles. The maximum absolute atomic E-state index is 12.8. The fraction of sp³-hybridized carbons (Fsp3) is 0.480. The molecule has 0 bridgehead atoms. The Bertz CT molecular complexity index is 862. The summed E-state index contributed by atoms with van der Waals surface area (Å²) in [5.74, 6) is 0.892. The molecule has 2 aliphatic heterocycles. The van der Waals surface area contributed by atoms with Crippen molar-refractivity contribution in [2.24, 2.45) is 0 Å². The van der Waals surface area contributed by atoms with Crippen LogP contribution in [-0.4, -0.2) is 75.2 Å². The van der Waals surface area contributed by atoms with E-state index in [1.165, 1.54) is 5.56 Å².